The Hall–Kier alpha value is -2.61. The topological polar surface area (TPSA) is 108 Å². The van der Waals surface area contributed by atoms with Crippen LogP contribution in [-0.4, -0.2) is 59.6 Å². The Labute approximate surface area is 156 Å². The van der Waals surface area contributed by atoms with E-state index in [0.29, 0.717) is 22.9 Å². The number of anilines is 1. The van der Waals surface area contributed by atoms with Gasteiger partial charge in [-0.1, -0.05) is 0 Å². The van der Waals surface area contributed by atoms with E-state index in [-0.39, 0.29) is 37.0 Å². The first-order valence-electron chi connectivity index (χ1n) is 9.31. The number of carbonyl (C=O) groups is 3. The molecule has 144 valence electrons. The lowest BCUT2D eigenvalue weighted by Crippen LogP contribution is -2.55. The second-order valence-electron chi connectivity index (χ2n) is 7.61. The molecule has 0 saturated heterocycles. The molecule has 8 heteroatoms. The van der Waals surface area contributed by atoms with Gasteiger partial charge >= 0.3 is 5.97 Å². The van der Waals surface area contributed by atoms with Crippen LogP contribution < -0.4 is 15.4 Å². The highest BCUT2D eigenvalue weighted by molar-refractivity contribution is 5.99. The quantitative estimate of drug-likeness (QED) is 0.660. The van der Waals surface area contributed by atoms with Crippen LogP contribution in [0.15, 0.2) is 18.2 Å². The Kier molecular flexibility index (Phi) is 4.73. The van der Waals surface area contributed by atoms with Gasteiger partial charge in [-0.25, -0.2) is 0 Å². The summed E-state index contributed by atoms with van der Waals surface area (Å²) < 4.78 is 5.35. The summed E-state index contributed by atoms with van der Waals surface area (Å²) in [6, 6.07) is 5.21. The SMILES string of the molecule is O=C(O)CN(CC1CC1)C1CC(NC(=O)c2ccc3c(c2)OCC(=O)N3)C1. The van der Waals surface area contributed by atoms with Crippen LogP contribution in [0.3, 0.4) is 0 Å². The Bertz CT molecular complexity index is 771. The van der Waals surface area contributed by atoms with E-state index in [4.69, 9.17) is 9.84 Å². The zero-order valence-corrected chi connectivity index (χ0v) is 14.9. The maximum atomic E-state index is 12.5. The number of hydrogen-bond donors (Lipinski definition) is 3. The first-order chi connectivity index (χ1) is 13.0. The van der Waals surface area contributed by atoms with Crippen LogP contribution >= 0.6 is 0 Å². The molecule has 2 aliphatic carbocycles. The molecule has 2 saturated carbocycles. The number of ether oxygens (including phenoxy) is 1. The zero-order chi connectivity index (χ0) is 19.0. The van der Waals surface area contributed by atoms with Gasteiger partial charge in [0.05, 0.1) is 12.2 Å². The molecule has 2 amide bonds. The number of aliphatic carboxylic acids is 1. The molecular weight excluding hydrogens is 350 g/mol. The molecule has 1 heterocycles. The van der Waals surface area contributed by atoms with Crippen molar-refractivity contribution in [3.05, 3.63) is 23.8 Å². The van der Waals surface area contributed by atoms with E-state index in [2.05, 4.69) is 10.6 Å². The van der Waals surface area contributed by atoms with Crippen LogP contribution in [0.5, 0.6) is 5.75 Å². The van der Waals surface area contributed by atoms with Crippen molar-refractivity contribution >= 4 is 23.5 Å². The van der Waals surface area contributed by atoms with Crippen LogP contribution in [-0.2, 0) is 9.59 Å². The summed E-state index contributed by atoms with van der Waals surface area (Å²) in [5, 5.41) is 14.8. The van der Waals surface area contributed by atoms with Gasteiger partial charge in [0.25, 0.3) is 11.8 Å². The first-order valence-corrected chi connectivity index (χ1v) is 9.31. The highest BCUT2D eigenvalue weighted by atomic mass is 16.5. The molecule has 3 aliphatic rings. The molecule has 1 aromatic carbocycles. The molecule has 8 nitrogen and oxygen atoms in total. The van der Waals surface area contributed by atoms with E-state index in [1.165, 1.54) is 12.8 Å². The van der Waals surface area contributed by atoms with Crippen molar-refractivity contribution < 1.29 is 24.2 Å². The van der Waals surface area contributed by atoms with Crippen molar-refractivity contribution in [2.75, 3.05) is 25.0 Å². The van der Waals surface area contributed by atoms with Crippen molar-refractivity contribution in [3.8, 4) is 5.75 Å². The fraction of sp³-hybridized carbons (Fsp3) is 0.526. The third kappa shape index (κ3) is 4.21. The predicted molar refractivity (Wildman–Crippen MR) is 96.8 cm³/mol. The molecule has 0 aromatic heterocycles. The van der Waals surface area contributed by atoms with Gasteiger partial charge in [-0.05, 0) is 49.8 Å². The number of nitrogens with zero attached hydrogens (tertiary/aromatic N) is 1. The fourth-order valence-corrected chi connectivity index (χ4v) is 3.64. The second-order valence-corrected chi connectivity index (χ2v) is 7.61. The second kappa shape index (κ2) is 7.19. The van der Waals surface area contributed by atoms with Gasteiger partial charge in [0.1, 0.15) is 5.75 Å². The summed E-state index contributed by atoms with van der Waals surface area (Å²) in [5.74, 6) is -0.0740. The lowest BCUT2D eigenvalue weighted by Gasteiger charge is -2.42. The monoisotopic (exact) mass is 373 g/mol. The van der Waals surface area contributed by atoms with Crippen LogP contribution in [0, 0.1) is 5.92 Å². The van der Waals surface area contributed by atoms with Gasteiger partial charge in [-0.2, -0.15) is 0 Å². The number of carboxylic acids is 1. The van der Waals surface area contributed by atoms with Crippen molar-refractivity contribution in [3.63, 3.8) is 0 Å². The van der Waals surface area contributed by atoms with E-state index < -0.39 is 5.97 Å². The smallest absolute Gasteiger partial charge is 0.317 e. The third-order valence-corrected chi connectivity index (χ3v) is 5.37. The molecule has 2 fully saturated rings. The number of hydrogen-bond acceptors (Lipinski definition) is 5. The van der Waals surface area contributed by atoms with Crippen molar-refractivity contribution in [1.82, 2.24) is 10.2 Å². The average molecular weight is 373 g/mol. The number of nitrogens with one attached hydrogen (secondary N) is 2. The zero-order valence-electron chi connectivity index (χ0n) is 14.9. The minimum absolute atomic E-state index is 0.0506. The van der Waals surface area contributed by atoms with Crippen molar-refractivity contribution in [2.24, 2.45) is 5.92 Å². The number of benzene rings is 1. The first kappa shape index (κ1) is 17.8. The molecule has 1 aliphatic heterocycles. The Morgan fingerprint density at radius 1 is 1.30 bits per heavy atom. The van der Waals surface area contributed by atoms with Gasteiger partial charge in [-0.3, -0.25) is 19.3 Å². The van der Waals surface area contributed by atoms with E-state index in [1.54, 1.807) is 18.2 Å². The van der Waals surface area contributed by atoms with Gasteiger partial charge in [0.15, 0.2) is 6.61 Å². The summed E-state index contributed by atoms with van der Waals surface area (Å²) in [4.78, 5) is 36.9. The number of amides is 2. The van der Waals surface area contributed by atoms with Gasteiger partial charge in [0.2, 0.25) is 0 Å². The molecule has 27 heavy (non-hydrogen) atoms. The van der Waals surface area contributed by atoms with Gasteiger partial charge in [-0.15, -0.1) is 0 Å². The number of rotatable bonds is 7. The van der Waals surface area contributed by atoms with Crippen molar-refractivity contribution in [1.29, 1.82) is 0 Å². The van der Waals surface area contributed by atoms with Gasteiger partial charge < -0.3 is 20.5 Å². The molecule has 0 radical (unpaired) electrons. The molecule has 3 N–H and O–H groups in total. The van der Waals surface area contributed by atoms with E-state index in [9.17, 15) is 14.4 Å². The summed E-state index contributed by atoms with van der Waals surface area (Å²) >= 11 is 0. The van der Waals surface area contributed by atoms with Crippen LogP contribution in [0.2, 0.25) is 0 Å². The molecule has 0 bridgehead atoms. The minimum Gasteiger partial charge on any atom is -0.482 e. The lowest BCUT2D eigenvalue weighted by molar-refractivity contribution is -0.139. The molecule has 0 spiro atoms. The van der Waals surface area contributed by atoms with Gasteiger partial charge in [0, 0.05) is 24.2 Å². The van der Waals surface area contributed by atoms with Crippen LogP contribution in [0.25, 0.3) is 0 Å². The molecule has 1 aromatic rings. The molecule has 0 unspecified atom stereocenters. The Balaban J connectivity index is 1.31. The normalized spacial score (nSPS) is 23.7. The van der Waals surface area contributed by atoms with Crippen LogP contribution in [0.4, 0.5) is 5.69 Å². The lowest BCUT2D eigenvalue weighted by atomic mass is 9.85. The maximum Gasteiger partial charge on any atom is 0.317 e. The average Bonchev–Trinajstić information content (AvgIpc) is 3.40. The van der Waals surface area contributed by atoms with E-state index in [1.807, 2.05) is 4.90 Å². The van der Waals surface area contributed by atoms with Crippen molar-refractivity contribution in [2.45, 2.75) is 37.8 Å². The highest BCUT2D eigenvalue weighted by Crippen LogP contribution is 2.34. The Morgan fingerprint density at radius 3 is 2.78 bits per heavy atom. The summed E-state index contributed by atoms with van der Waals surface area (Å²) in [5.41, 5.74) is 1.05. The number of fused-ring (bicyclic) bond motifs is 1. The largest absolute Gasteiger partial charge is 0.482 e. The standard InChI is InChI=1S/C19H23N3O5/c23-17-10-27-16-5-12(3-4-15(16)21-17)19(26)20-13-6-14(7-13)22(9-18(24)25)8-11-1-2-11/h3-5,11,13-14H,1-2,6-10H2,(H,20,26)(H,21,23)(H,24,25). The predicted octanol–water partition coefficient (Wildman–Crippen LogP) is 1.07. The molecular formula is C19H23N3O5. The summed E-state index contributed by atoms with van der Waals surface area (Å²) in [7, 11) is 0. The summed E-state index contributed by atoms with van der Waals surface area (Å²) in [6.07, 6.45) is 3.90. The number of carbonyl (C=O) groups excluding carboxylic acids is 2. The Morgan fingerprint density at radius 2 is 2.07 bits per heavy atom. The van der Waals surface area contributed by atoms with E-state index in [0.717, 1.165) is 19.4 Å². The minimum atomic E-state index is -0.802. The van der Waals surface area contributed by atoms with E-state index >= 15 is 0 Å². The molecule has 4 rings (SSSR count). The molecule has 0 atom stereocenters. The van der Waals surface area contributed by atoms with Crippen LogP contribution in [0.1, 0.15) is 36.0 Å². The fourth-order valence-electron chi connectivity index (χ4n) is 3.64. The highest BCUT2D eigenvalue weighted by Gasteiger charge is 2.37. The number of carboxylic acid groups (broad SMARTS) is 1. The summed E-state index contributed by atoms with van der Waals surface area (Å²) in [6.45, 7) is 0.851. The maximum absolute atomic E-state index is 12.5. The third-order valence-electron chi connectivity index (χ3n) is 5.37.